The van der Waals surface area contributed by atoms with Gasteiger partial charge in [0.25, 0.3) is 0 Å². The largest absolute Gasteiger partial charge is 0.490 e. The summed E-state index contributed by atoms with van der Waals surface area (Å²) >= 11 is 0. The third kappa shape index (κ3) is 6.02. The Hall–Kier alpha value is -2.49. The SMILES string of the molecule is CCOc1ccc(CCC(=O)N[C@@H](C)c2ccc(C)c(C)c2)cc1OCC. The van der Waals surface area contributed by atoms with Crippen LogP contribution in [0.2, 0.25) is 0 Å². The number of aryl methyl sites for hydroxylation is 3. The number of rotatable bonds is 9. The predicted octanol–water partition coefficient (Wildman–Crippen LogP) is 4.91. The monoisotopic (exact) mass is 369 g/mol. The van der Waals surface area contributed by atoms with Crippen LogP contribution in [0.1, 0.15) is 55.5 Å². The lowest BCUT2D eigenvalue weighted by atomic mass is 10.0. The number of amides is 1. The zero-order chi connectivity index (χ0) is 19.8. The minimum absolute atomic E-state index is 0.00360. The first-order chi connectivity index (χ1) is 12.9. The smallest absolute Gasteiger partial charge is 0.220 e. The van der Waals surface area contributed by atoms with Gasteiger partial charge in [0, 0.05) is 6.42 Å². The molecular weight excluding hydrogens is 338 g/mol. The third-order valence-corrected chi connectivity index (χ3v) is 4.66. The topological polar surface area (TPSA) is 47.6 Å². The molecule has 0 heterocycles. The van der Waals surface area contributed by atoms with E-state index in [1.54, 1.807) is 0 Å². The van der Waals surface area contributed by atoms with Gasteiger partial charge in [-0.2, -0.15) is 0 Å². The summed E-state index contributed by atoms with van der Waals surface area (Å²) in [7, 11) is 0. The van der Waals surface area contributed by atoms with Gasteiger partial charge in [0.15, 0.2) is 11.5 Å². The molecular formula is C23H31NO3. The lowest BCUT2D eigenvalue weighted by molar-refractivity contribution is -0.121. The van der Waals surface area contributed by atoms with Crippen LogP contribution in [0.3, 0.4) is 0 Å². The molecule has 1 atom stereocenters. The summed E-state index contributed by atoms with van der Waals surface area (Å²) < 4.78 is 11.2. The first-order valence-corrected chi connectivity index (χ1v) is 9.69. The van der Waals surface area contributed by atoms with Crippen molar-refractivity contribution in [2.24, 2.45) is 0 Å². The van der Waals surface area contributed by atoms with Crippen molar-refractivity contribution in [1.82, 2.24) is 5.32 Å². The maximum atomic E-state index is 12.4. The first-order valence-electron chi connectivity index (χ1n) is 9.69. The summed E-state index contributed by atoms with van der Waals surface area (Å²) in [5.41, 5.74) is 4.70. The van der Waals surface area contributed by atoms with E-state index in [1.165, 1.54) is 11.1 Å². The number of hydrogen-bond donors (Lipinski definition) is 1. The van der Waals surface area contributed by atoms with Crippen molar-refractivity contribution < 1.29 is 14.3 Å². The van der Waals surface area contributed by atoms with Crippen molar-refractivity contribution in [2.75, 3.05) is 13.2 Å². The zero-order valence-electron chi connectivity index (χ0n) is 17.1. The molecule has 0 aliphatic heterocycles. The highest BCUT2D eigenvalue weighted by Gasteiger charge is 2.12. The Balaban J connectivity index is 1.94. The standard InChI is InChI=1S/C23H31NO3/c1-6-26-21-12-9-19(15-22(21)27-7-2)10-13-23(25)24-18(5)20-11-8-16(3)17(4)14-20/h8-9,11-12,14-15,18H,6-7,10,13H2,1-5H3,(H,24,25)/t18-/m0/s1. The van der Waals surface area contributed by atoms with Crippen molar-refractivity contribution in [1.29, 1.82) is 0 Å². The molecule has 1 N–H and O–H groups in total. The molecule has 27 heavy (non-hydrogen) atoms. The summed E-state index contributed by atoms with van der Waals surface area (Å²) in [6.07, 6.45) is 1.10. The van der Waals surface area contributed by atoms with Crippen LogP contribution in [0, 0.1) is 13.8 Å². The van der Waals surface area contributed by atoms with E-state index in [2.05, 4.69) is 37.4 Å². The van der Waals surface area contributed by atoms with Gasteiger partial charge in [-0.1, -0.05) is 24.3 Å². The fourth-order valence-corrected chi connectivity index (χ4v) is 2.94. The molecule has 2 aromatic rings. The Morgan fingerprint density at radius 1 is 0.963 bits per heavy atom. The Kier molecular flexibility index (Phi) is 7.71. The highest BCUT2D eigenvalue weighted by atomic mass is 16.5. The quantitative estimate of drug-likeness (QED) is 0.683. The number of benzene rings is 2. The lowest BCUT2D eigenvalue weighted by Crippen LogP contribution is -2.26. The predicted molar refractivity (Wildman–Crippen MR) is 110 cm³/mol. The van der Waals surface area contributed by atoms with Gasteiger partial charge in [-0.25, -0.2) is 0 Å². The molecule has 0 fully saturated rings. The van der Waals surface area contributed by atoms with Crippen LogP contribution in [-0.4, -0.2) is 19.1 Å². The van der Waals surface area contributed by atoms with Gasteiger partial charge in [-0.3, -0.25) is 4.79 Å². The van der Waals surface area contributed by atoms with Gasteiger partial charge in [-0.05, 0) is 75.4 Å². The van der Waals surface area contributed by atoms with E-state index in [0.717, 1.165) is 22.6 Å². The van der Waals surface area contributed by atoms with Gasteiger partial charge in [-0.15, -0.1) is 0 Å². The molecule has 4 heteroatoms. The minimum atomic E-state index is -0.00360. The fraction of sp³-hybridized carbons (Fsp3) is 0.435. The molecule has 146 valence electrons. The van der Waals surface area contributed by atoms with E-state index < -0.39 is 0 Å². The second-order valence-electron chi connectivity index (χ2n) is 6.78. The zero-order valence-corrected chi connectivity index (χ0v) is 17.1. The van der Waals surface area contributed by atoms with Crippen molar-refractivity contribution >= 4 is 5.91 Å². The summed E-state index contributed by atoms with van der Waals surface area (Å²) in [6.45, 7) is 11.3. The Bertz CT molecular complexity index is 770. The summed E-state index contributed by atoms with van der Waals surface area (Å²) in [5.74, 6) is 1.53. The number of nitrogens with one attached hydrogen (secondary N) is 1. The van der Waals surface area contributed by atoms with E-state index in [0.29, 0.717) is 26.1 Å². The second-order valence-corrected chi connectivity index (χ2v) is 6.78. The van der Waals surface area contributed by atoms with E-state index in [-0.39, 0.29) is 11.9 Å². The van der Waals surface area contributed by atoms with E-state index >= 15 is 0 Å². The Labute approximate surface area is 162 Å². The van der Waals surface area contributed by atoms with Crippen molar-refractivity contribution in [3.05, 3.63) is 58.7 Å². The molecule has 2 rings (SSSR count). The van der Waals surface area contributed by atoms with Crippen LogP contribution in [0.5, 0.6) is 11.5 Å². The molecule has 0 aromatic heterocycles. The fourth-order valence-electron chi connectivity index (χ4n) is 2.94. The molecule has 0 bridgehead atoms. The first kappa shape index (κ1) is 20.8. The van der Waals surface area contributed by atoms with Gasteiger partial charge < -0.3 is 14.8 Å². The highest BCUT2D eigenvalue weighted by molar-refractivity contribution is 5.76. The van der Waals surface area contributed by atoms with Crippen LogP contribution in [0.4, 0.5) is 0 Å². The molecule has 0 saturated heterocycles. The lowest BCUT2D eigenvalue weighted by Gasteiger charge is -2.16. The summed E-state index contributed by atoms with van der Waals surface area (Å²) in [5, 5.41) is 3.09. The molecule has 0 unspecified atom stereocenters. The number of carbonyl (C=O) groups is 1. The number of carbonyl (C=O) groups excluding carboxylic acids is 1. The average Bonchev–Trinajstić information content (AvgIpc) is 2.64. The summed E-state index contributed by atoms with van der Waals surface area (Å²) in [6, 6.07) is 12.2. The van der Waals surface area contributed by atoms with Crippen LogP contribution in [0.25, 0.3) is 0 Å². The molecule has 0 saturated carbocycles. The molecule has 4 nitrogen and oxygen atoms in total. The number of ether oxygens (including phenoxy) is 2. The maximum Gasteiger partial charge on any atom is 0.220 e. The van der Waals surface area contributed by atoms with Crippen LogP contribution < -0.4 is 14.8 Å². The molecule has 0 radical (unpaired) electrons. The summed E-state index contributed by atoms with van der Waals surface area (Å²) in [4.78, 5) is 12.4. The van der Waals surface area contributed by atoms with Crippen LogP contribution >= 0.6 is 0 Å². The molecule has 0 spiro atoms. The average molecular weight is 370 g/mol. The van der Waals surface area contributed by atoms with Gasteiger partial charge in [0.1, 0.15) is 0 Å². The van der Waals surface area contributed by atoms with Gasteiger partial charge in [0.2, 0.25) is 5.91 Å². The molecule has 0 aliphatic rings. The number of hydrogen-bond acceptors (Lipinski definition) is 3. The van der Waals surface area contributed by atoms with Gasteiger partial charge >= 0.3 is 0 Å². The maximum absolute atomic E-state index is 12.4. The Morgan fingerprint density at radius 2 is 1.67 bits per heavy atom. The minimum Gasteiger partial charge on any atom is -0.490 e. The van der Waals surface area contributed by atoms with E-state index in [4.69, 9.17) is 9.47 Å². The molecule has 1 amide bonds. The van der Waals surface area contributed by atoms with Crippen LogP contribution in [-0.2, 0) is 11.2 Å². The third-order valence-electron chi connectivity index (χ3n) is 4.66. The normalized spacial score (nSPS) is 11.7. The Morgan fingerprint density at radius 3 is 2.33 bits per heavy atom. The van der Waals surface area contributed by atoms with E-state index in [1.807, 2.05) is 39.0 Å². The van der Waals surface area contributed by atoms with Crippen molar-refractivity contribution in [3.8, 4) is 11.5 Å². The van der Waals surface area contributed by atoms with Crippen molar-refractivity contribution in [2.45, 2.75) is 53.5 Å². The van der Waals surface area contributed by atoms with E-state index in [9.17, 15) is 4.79 Å². The second kappa shape index (κ2) is 10.0. The highest BCUT2D eigenvalue weighted by Crippen LogP contribution is 2.29. The van der Waals surface area contributed by atoms with Crippen molar-refractivity contribution in [3.63, 3.8) is 0 Å². The van der Waals surface area contributed by atoms with Gasteiger partial charge in [0.05, 0.1) is 19.3 Å². The molecule has 0 aliphatic carbocycles. The molecule has 2 aromatic carbocycles. The van der Waals surface area contributed by atoms with Crippen LogP contribution in [0.15, 0.2) is 36.4 Å².